The number of nitrogens with zero attached hydrogens (tertiary/aromatic N) is 1. The maximum atomic E-state index is 13.1. The molecule has 1 amide bonds. The van der Waals surface area contributed by atoms with Crippen LogP contribution in [0.4, 0.5) is 0 Å². The molecule has 2 aliphatic rings. The lowest BCUT2D eigenvalue weighted by Gasteiger charge is -2.36. The topological polar surface area (TPSA) is 46.3 Å². The van der Waals surface area contributed by atoms with E-state index in [-0.39, 0.29) is 30.3 Å². The maximum absolute atomic E-state index is 13.1. The minimum Gasteiger partial charge on any atom is -0.336 e. The van der Waals surface area contributed by atoms with E-state index in [0.29, 0.717) is 18.0 Å². The van der Waals surface area contributed by atoms with Crippen LogP contribution in [-0.2, 0) is 4.79 Å². The highest BCUT2D eigenvalue weighted by Gasteiger charge is 2.44. The van der Waals surface area contributed by atoms with E-state index >= 15 is 0 Å². The fourth-order valence-corrected chi connectivity index (χ4v) is 4.44. The smallest absolute Gasteiger partial charge is 0.227 e. The number of halogens is 1. The standard InChI is InChI=1S/C19H28N2O.ClH/c1-13-12-16-10-6-7-11-17(16)21(13)19(22)14(2)18(20)15-8-4-3-5-9-15;/h3-5,8-9,13-14,16-18H,6-7,10-12,20H2,1-2H3;1H. The third-order valence-electron chi connectivity index (χ3n) is 5.71. The van der Waals surface area contributed by atoms with E-state index in [1.807, 2.05) is 37.3 Å². The summed E-state index contributed by atoms with van der Waals surface area (Å²) in [5, 5.41) is 0. The van der Waals surface area contributed by atoms with E-state index in [9.17, 15) is 4.79 Å². The number of hydrogen-bond acceptors (Lipinski definition) is 2. The van der Waals surface area contributed by atoms with Gasteiger partial charge in [-0.05, 0) is 37.7 Å². The minimum atomic E-state index is -0.219. The molecule has 128 valence electrons. The van der Waals surface area contributed by atoms with Crippen LogP contribution in [0.5, 0.6) is 0 Å². The molecule has 5 atom stereocenters. The molecule has 0 spiro atoms. The van der Waals surface area contributed by atoms with E-state index in [0.717, 1.165) is 5.56 Å². The van der Waals surface area contributed by atoms with Gasteiger partial charge in [-0.2, -0.15) is 0 Å². The number of fused-ring (bicyclic) bond motifs is 1. The van der Waals surface area contributed by atoms with Gasteiger partial charge in [-0.25, -0.2) is 0 Å². The van der Waals surface area contributed by atoms with Crippen LogP contribution in [0.2, 0.25) is 0 Å². The summed E-state index contributed by atoms with van der Waals surface area (Å²) in [7, 11) is 0. The third-order valence-corrected chi connectivity index (χ3v) is 5.71. The van der Waals surface area contributed by atoms with Gasteiger partial charge in [0, 0.05) is 18.1 Å². The monoisotopic (exact) mass is 336 g/mol. The van der Waals surface area contributed by atoms with Crippen molar-refractivity contribution in [3.8, 4) is 0 Å². The third kappa shape index (κ3) is 3.56. The second-order valence-corrected chi connectivity index (χ2v) is 7.17. The summed E-state index contributed by atoms with van der Waals surface area (Å²) in [6.45, 7) is 4.19. The molecule has 1 aliphatic carbocycles. The van der Waals surface area contributed by atoms with Crippen molar-refractivity contribution in [2.45, 2.75) is 64.1 Å². The van der Waals surface area contributed by atoms with E-state index in [2.05, 4.69) is 11.8 Å². The quantitative estimate of drug-likeness (QED) is 0.909. The summed E-state index contributed by atoms with van der Waals surface area (Å²) < 4.78 is 0. The van der Waals surface area contributed by atoms with Gasteiger partial charge >= 0.3 is 0 Å². The molecular weight excluding hydrogens is 308 g/mol. The Hall–Kier alpha value is -1.06. The van der Waals surface area contributed by atoms with E-state index in [1.165, 1.54) is 32.1 Å². The van der Waals surface area contributed by atoms with Gasteiger partial charge in [0.1, 0.15) is 0 Å². The van der Waals surface area contributed by atoms with Crippen LogP contribution >= 0.6 is 12.4 Å². The molecule has 2 N–H and O–H groups in total. The summed E-state index contributed by atoms with van der Waals surface area (Å²) in [4.78, 5) is 15.2. The first-order valence-electron chi connectivity index (χ1n) is 8.72. The molecule has 1 aliphatic heterocycles. The molecule has 3 nitrogen and oxygen atoms in total. The van der Waals surface area contributed by atoms with Crippen molar-refractivity contribution in [2.75, 3.05) is 0 Å². The molecule has 1 aromatic carbocycles. The van der Waals surface area contributed by atoms with Gasteiger partial charge in [-0.1, -0.05) is 50.1 Å². The Morgan fingerprint density at radius 3 is 2.57 bits per heavy atom. The molecule has 3 rings (SSSR count). The second kappa shape index (κ2) is 7.67. The van der Waals surface area contributed by atoms with Crippen molar-refractivity contribution in [2.24, 2.45) is 17.6 Å². The Bertz CT molecular complexity index is 521. The number of rotatable bonds is 3. The van der Waals surface area contributed by atoms with Crippen LogP contribution in [0.15, 0.2) is 30.3 Å². The van der Waals surface area contributed by atoms with E-state index in [1.54, 1.807) is 0 Å². The lowest BCUT2D eigenvalue weighted by Crippen LogP contribution is -2.46. The van der Waals surface area contributed by atoms with Gasteiger partial charge < -0.3 is 10.6 Å². The zero-order valence-corrected chi connectivity index (χ0v) is 15.0. The van der Waals surface area contributed by atoms with E-state index in [4.69, 9.17) is 5.73 Å². The van der Waals surface area contributed by atoms with Crippen molar-refractivity contribution in [3.05, 3.63) is 35.9 Å². The number of nitrogens with two attached hydrogens (primary N) is 1. The molecule has 5 unspecified atom stereocenters. The predicted molar refractivity (Wildman–Crippen MR) is 96.5 cm³/mol. The summed E-state index contributed by atoms with van der Waals surface area (Å²) >= 11 is 0. The normalized spacial score (nSPS) is 29.3. The number of hydrogen-bond donors (Lipinski definition) is 1. The SMILES string of the molecule is CC(C(=O)N1C(C)CC2CCCCC21)C(N)c1ccccc1.Cl. The molecule has 0 aromatic heterocycles. The summed E-state index contributed by atoms with van der Waals surface area (Å²) in [5.74, 6) is 0.802. The van der Waals surface area contributed by atoms with Crippen molar-refractivity contribution < 1.29 is 4.79 Å². The molecule has 4 heteroatoms. The van der Waals surface area contributed by atoms with Crippen LogP contribution < -0.4 is 5.73 Å². The van der Waals surface area contributed by atoms with Gasteiger partial charge in [0.2, 0.25) is 5.91 Å². The summed E-state index contributed by atoms with van der Waals surface area (Å²) in [6, 6.07) is 10.6. The largest absolute Gasteiger partial charge is 0.336 e. The highest BCUT2D eigenvalue weighted by atomic mass is 35.5. The number of likely N-dealkylation sites (tertiary alicyclic amines) is 1. The lowest BCUT2D eigenvalue weighted by molar-refractivity contribution is -0.139. The molecule has 1 heterocycles. The number of carbonyl (C=O) groups excluding carboxylic acids is 1. The van der Waals surface area contributed by atoms with Crippen molar-refractivity contribution >= 4 is 18.3 Å². The van der Waals surface area contributed by atoms with Crippen LogP contribution in [0, 0.1) is 11.8 Å². The number of benzene rings is 1. The van der Waals surface area contributed by atoms with Crippen LogP contribution in [0.1, 0.15) is 57.6 Å². The van der Waals surface area contributed by atoms with Gasteiger partial charge in [-0.3, -0.25) is 4.79 Å². The molecule has 0 bridgehead atoms. The first-order chi connectivity index (χ1) is 10.6. The highest BCUT2D eigenvalue weighted by molar-refractivity contribution is 5.85. The first-order valence-corrected chi connectivity index (χ1v) is 8.72. The Morgan fingerprint density at radius 1 is 1.22 bits per heavy atom. The van der Waals surface area contributed by atoms with Gasteiger partial charge in [0.05, 0.1) is 5.92 Å². The van der Waals surface area contributed by atoms with Crippen molar-refractivity contribution in [1.82, 2.24) is 4.90 Å². The Balaban J connectivity index is 0.00000192. The zero-order chi connectivity index (χ0) is 15.7. The van der Waals surface area contributed by atoms with Crippen molar-refractivity contribution in [1.29, 1.82) is 0 Å². The molecule has 23 heavy (non-hydrogen) atoms. The fourth-order valence-electron chi connectivity index (χ4n) is 4.44. The predicted octanol–water partition coefficient (Wildman–Crippen LogP) is 3.92. The minimum absolute atomic E-state index is 0. The summed E-state index contributed by atoms with van der Waals surface area (Å²) in [6.07, 6.45) is 6.22. The van der Waals surface area contributed by atoms with E-state index < -0.39 is 0 Å². The maximum Gasteiger partial charge on any atom is 0.227 e. The van der Waals surface area contributed by atoms with Gasteiger partial charge in [0.25, 0.3) is 0 Å². The molecular formula is C19H29ClN2O. The zero-order valence-electron chi connectivity index (χ0n) is 14.2. The van der Waals surface area contributed by atoms with Crippen LogP contribution in [0.25, 0.3) is 0 Å². The van der Waals surface area contributed by atoms with Gasteiger partial charge in [-0.15, -0.1) is 12.4 Å². The Labute approximate surface area is 146 Å². The molecule has 2 fully saturated rings. The van der Waals surface area contributed by atoms with Crippen LogP contribution in [-0.4, -0.2) is 22.9 Å². The average Bonchev–Trinajstić information content (AvgIpc) is 2.89. The number of carbonyl (C=O) groups is 1. The second-order valence-electron chi connectivity index (χ2n) is 7.17. The highest BCUT2D eigenvalue weighted by Crippen LogP contribution is 2.40. The average molecular weight is 337 g/mol. The molecule has 0 radical (unpaired) electrons. The Kier molecular flexibility index (Phi) is 6.10. The van der Waals surface area contributed by atoms with Gasteiger partial charge in [0.15, 0.2) is 0 Å². The number of amides is 1. The summed E-state index contributed by atoms with van der Waals surface area (Å²) in [5.41, 5.74) is 7.42. The molecule has 1 saturated carbocycles. The molecule has 1 saturated heterocycles. The molecule has 1 aromatic rings. The van der Waals surface area contributed by atoms with Crippen LogP contribution in [0.3, 0.4) is 0 Å². The Morgan fingerprint density at radius 2 is 1.87 bits per heavy atom. The lowest BCUT2D eigenvalue weighted by atomic mass is 9.84. The van der Waals surface area contributed by atoms with Crippen molar-refractivity contribution in [3.63, 3.8) is 0 Å². The fraction of sp³-hybridized carbons (Fsp3) is 0.632. The first kappa shape index (κ1) is 18.3.